The van der Waals surface area contributed by atoms with Crippen molar-refractivity contribution in [2.24, 2.45) is 0 Å². The first-order chi connectivity index (χ1) is 13.4. The van der Waals surface area contributed by atoms with Gasteiger partial charge in [-0.2, -0.15) is 0 Å². The Morgan fingerprint density at radius 2 is 2.07 bits per heavy atom. The maximum Gasteiger partial charge on any atom is 0.266 e. The van der Waals surface area contributed by atoms with Gasteiger partial charge >= 0.3 is 0 Å². The van der Waals surface area contributed by atoms with E-state index in [0.29, 0.717) is 25.9 Å². The van der Waals surface area contributed by atoms with E-state index in [1.165, 1.54) is 16.2 Å². The number of rotatable bonds is 6. The Morgan fingerprint density at radius 3 is 2.71 bits per heavy atom. The van der Waals surface area contributed by atoms with Gasteiger partial charge in [0.2, 0.25) is 5.91 Å². The predicted molar refractivity (Wildman–Crippen MR) is 115 cm³/mol. The highest BCUT2D eigenvalue weighted by atomic mass is 32.2. The number of anilines is 1. The van der Waals surface area contributed by atoms with Crippen molar-refractivity contribution in [3.8, 4) is 11.5 Å². The summed E-state index contributed by atoms with van der Waals surface area (Å²) in [5, 5.41) is 5.01. The molecule has 0 saturated carbocycles. The smallest absolute Gasteiger partial charge is 0.266 e. The Hall–Kier alpha value is -2.43. The third-order valence-corrected chi connectivity index (χ3v) is 6.00. The average Bonchev–Trinajstić information content (AvgIpc) is 3.19. The topological polar surface area (TPSA) is 80.8 Å². The second kappa shape index (κ2) is 8.72. The van der Waals surface area contributed by atoms with Crippen molar-refractivity contribution in [3.05, 3.63) is 39.7 Å². The SMILES string of the molecule is COc1ccc(C=C2SC(=S)N(CC(=O)Nc3nc(C)cs3)C2=O)cc1OC. The van der Waals surface area contributed by atoms with Crippen LogP contribution in [-0.2, 0) is 9.59 Å². The van der Waals surface area contributed by atoms with Gasteiger partial charge in [-0.3, -0.25) is 14.5 Å². The van der Waals surface area contributed by atoms with Crippen LogP contribution in [0.1, 0.15) is 11.3 Å². The van der Waals surface area contributed by atoms with Crippen LogP contribution in [0.3, 0.4) is 0 Å². The molecule has 1 fully saturated rings. The molecule has 2 amide bonds. The number of ether oxygens (including phenoxy) is 2. The molecule has 1 aromatic heterocycles. The molecule has 0 radical (unpaired) electrons. The Kier molecular flexibility index (Phi) is 6.32. The van der Waals surface area contributed by atoms with E-state index >= 15 is 0 Å². The molecule has 10 heteroatoms. The Balaban J connectivity index is 1.72. The van der Waals surface area contributed by atoms with Crippen LogP contribution in [0.25, 0.3) is 6.08 Å². The van der Waals surface area contributed by atoms with Crippen LogP contribution in [0.4, 0.5) is 5.13 Å². The van der Waals surface area contributed by atoms with Gasteiger partial charge in [-0.1, -0.05) is 30.0 Å². The minimum absolute atomic E-state index is 0.160. The molecule has 28 heavy (non-hydrogen) atoms. The minimum atomic E-state index is -0.349. The lowest BCUT2D eigenvalue weighted by Crippen LogP contribution is -2.36. The number of aromatic nitrogens is 1. The maximum atomic E-state index is 12.7. The molecule has 0 atom stereocenters. The van der Waals surface area contributed by atoms with Crippen LogP contribution < -0.4 is 14.8 Å². The summed E-state index contributed by atoms with van der Waals surface area (Å²) in [6, 6.07) is 5.34. The van der Waals surface area contributed by atoms with Gasteiger partial charge in [0, 0.05) is 5.38 Å². The third kappa shape index (κ3) is 4.51. The fraction of sp³-hybridized carbons (Fsp3) is 0.222. The van der Waals surface area contributed by atoms with Crippen LogP contribution >= 0.6 is 35.3 Å². The maximum absolute atomic E-state index is 12.7. The molecule has 3 rings (SSSR count). The quantitative estimate of drug-likeness (QED) is 0.551. The molecular weight excluding hydrogens is 418 g/mol. The summed E-state index contributed by atoms with van der Waals surface area (Å²) in [5.41, 5.74) is 1.59. The zero-order chi connectivity index (χ0) is 20.3. The van der Waals surface area contributed by atoms with Gasteiger partial charge in [0.1, 0.15) is 10.9 Å². The second-order valence-electron chi connectivity index (χ2n) is 5.72. The average molecular weight is 436 g/mol. The van der Waals surface area contributed by atoms with E-state index in [-0.39, 0.29) is 18.4 Å². The molecular formula is C18H17N3O4S3. The molecule has 0 unspecified atom stereocenters. The molecule has 7 nitrogen and oxygen atoms in total. The summed E-state index contributed by atoms with van der Waals surface area (Å²) < 4.78 is 10.8. The number of hydrogen-bond donors (Lipinski definition) is 1. The number of aryl methyl sites for hydroxylation is 1. The van der Waals surface area contributed by atoms with Crippen LogP contribution in [0.5, 0.6) is 11.5 Å². The Labute approximate surface area is 175 Å². The van der Waals surface area contributed by atoms with Crippen LogP contribution in [0.15, 0.2) is 28.5 Å². The number of carbonyl (C=O) groups excluding carboxylic acids is 2. The number of thiocarbonyl (C=S) groups is 1. The molecule has 0 bridgehead atoms. The molecule has 0 spiro atoms. The molecule has 1 aromatic carbocycles. The molecule has 2 aromatic rings. The van der Waals surface area contributed by atoms with E-state index in [0.717, 1.165) is 23.0 Å². The van der Waals surface area contributed by atoms with E-state index in [1.54, 1.807) is 32.4 Å². The molecule has 146 valence electrons. The van der Waals surface area contributed by atoms with Gasteiger partial charge < -0.3 is 14.8 Å². The van der Waals surface area contributed by atoms with Crippen molar-refractivity contribution in [1.82, 2.24) is 9.88 Å². The number of benzene rings is 1. The summed E-state index contributed by atoms with van der Waals surface area (Å²) in [6.45, 7) is 1.68. The van der Waals surface area contributed by atoms with Crippen molar-refractivity contribution in [2.75, 3.05) is 26.1 Å². The van der Waals surface area contributed by atoms with Crippen LogP contribution in [0, 0.1) is 6.92 Å². The minimum Gasteiger partial charge on any atom is -0.493 e. The molecule has 1 aliphatic heterocycles. The highest BCUT2D eigenvalue weighted by Gasteiger charge is 2.33. The monoisotopic (exact) mass is 435 g/mol. The van der Waals surface area contributed by atoms with Crippen molar-refractivity contribution in [3.63, 3.8) is 0 Å². The van der Waals surface area contributed by atoms with Gasteiger partial charge in [0.25, 0.3) is 5.91 Å². The van der Waals surface area contributed by atoms with Crippen molar-refractivity contribution in [2.45, 2.75) is 6.92 Å². The molecule has 1 N–H and O–H groups in total. The Morgan fingerprint density at radius 1 is 1.32 bits per heavy atom. The first kappa shape index (κ1) is 20.3. The van der Waals surface area contributed by atoms with Crippen LogP contribution in [0.2, 0.25) is 0 Å². The van der Waals surface area contributed by atoms with Crippen molar-refractivity contribution in [1.29, 1.82) is 0 Å². The first-order valence-corrected chi connectivity index (χ1v) is 10.2. The summed E-state index contributed by atoms with van der Waals surface area (Å²) in [5.74, 6) is 0.499. The number of thioether (sulfide) groups is 1. The van der Waals surface area contributed by atoms with E-state index in [4.69, 9.17) is 21.7 Å². The van der Waals surface area contributed by atoms with Gasteiger partial charge in [0.05, 0.1) is 24.8 Å². The van der Waals surface area contributed by atoms with E-state index < -0.39 is 0 Å². The highest BCUT2D eigenvalue weighted by molar-refractivity contribution is 8.26. The fourth-order valence-corrected chi connectivity index (χ4v) is 4.40. The highest BCUT2D eigenvalue weighted by Crippen LogP contribution is 2.34. The lowest BCUT2D eigenvalue weighted by molar-refractivity contribution is -0.126. The normalized spacial score (nSPS) is 15.2. The van der Waals surface area contributed by atoms with Crippen molar-refractivity contribution < 1.29 is 19.1 Å². The van der Waals surface area contributed by atoms with Gasteiger partial charge in [-0.05, 0) is 30.7 Å². The van der Waals surface area contributed by atoms with Crippen LogP contribution in [-0.4, -0.2) is 46.8 Å². The van der Waals surface area contributed by atoms with Gasteiger partial charge in [0.15, 0.2) is 16.6 Å². The number of methoxy groups -OCH3 is 2. The zero-order valence-corrected chi connectivity index (χ0v) is 17.8. The number of carbonyl (C=O) groups is 2. The third-order valence-electron chi connectivity index (χ3n) is 3.75. The summed E-state index contributed by atoms with van der Waals surface area (Å²) in [6.07, 6.45) is 1.71. The molecule has 2 heterocycles. The van der Waals surface area contributed by atoms with Gasteiger partial charge in [-0.15, -0.1) is 11.3 Å². The van der Waals surface area contributed by atoms with E-state index in [9.17, 15) is 9.59 Å². The number of amides is 2. The van der Waals surface area contributed by atoms with Crippen molar-refractivity contribution >= 4 is 62.7 Å². The molecule has 1 aliphatic rings. The molecule has 1 saturated heterocycles. The number of hydrogen-bond acceptors (Lipinski definition) is 8. The summed E-state index contributed by atoms with van der Waals surface area (Å²) in [7, 11) is 3.10. The lowest BCUT2D eigenvalue weighted by atomic mass is 10.2. The second-order valence-corrected chi connectivity index (χ2v) is 8.26. The summed E-state index contributed by atoms with van der Waals surface area (Å²) >= 11 is 7.76. The number of nitrogens with one attached hydrogen (secondary N) is 1. The number of nitrogens with zero attached hydrogens (tertiary/aromatic N) is 2. The fourth-order valence-electron chi connectivity index (χ4n) is 2.44. The van der Waals surface area contributed by atoms with Gasteiger partial charge in [-0.25, -0.2) is 4.98 Å². The lowest BCUT2D eigenvalue weighted by Gasteiger charge is -2.13. The predicted octanol–water partition coefficient (Wildman–Crippen LogP) is 3.31. The first-order valence-electron chi connectivity index (χ1n) is 8.10. The van der Waals surface area contributed by atoms with E-state index in [1.807, 2.05) is 18.4 Å². The Bertz CT molecular complexity index is 971. The van der Waals surface area contributed by atoms with E-state index in [2.05, 4.69) is 10.3 Å². The number of thiazole rings is 1. The standard InChI is InChI=1S/C18H17N3O4S3/c1-10-9-27-17(19-10)20-15(22)8-21-16(23)14(28-18(21)26)7-11-4-5-12(24-2)13(6-11)25-3/h4-7,9H,8H2,1-3H3,(H,19,20,22). The molecule has 0 aliphatic carbocycles. The largest absolute Gasteiger partial charge is 0.493 e. The summed E-state index contributed by atoms with van der Waals surface area (Å²) in [4.78, 5) is 30.8. The zero-order valence-electron chi connectivity index (χ0n) is 15.3.